The number of aromatic nitrogens is 2. The molecule has 2 fully saturated rings. The van der Waals surface area contributed by atoms with Crippen LogP contribution in [0.5, 0.6) is 0 Å². The average molecular weight is 391 g/mol. The van der Waals surface area contributed by atoms with Crippen LogP contribution in [0.1, 0.15) is 67.9 Å². The minimum atomic E-state index is -0.497. The normalized spacial score (nSPS) is 27.1. The monoisotopic (exact) mass is 391 g/mol. The van der Waals surface area contributed by atoms with Gasteiger partial charge in [-0.15, -0.1) is 0 Å². The van der Waals surface area contributed by atoms with Gasteiger partial charge in [0.2, 0.25) is 0 Å². The molecule has 7 nitrogen and oxygen atoms in total. The highest BCUT2D eigenvalue weighted by atomic mass is 16.7. The Morgan fingerprint density at radius 3 is 2.39 bits per heavy atom. The number of hydrogen-bond acceptors (Lipinski definition) is 5. The van der Waals surface area contributed by atoms with Crippen LogP contribution >= 0.6 is 0 Å². The first kappa shape index (κ1) is 21.2. The van der Waals surface area contributed by atoms with Crippen molar-refractivity contribution in [3.05, 3.63) is 12.4 Å². The van der Waals surface area contributed by atoms with Crippen molar-refractivity contribution in [2.75, 3.05) is 13.1 Å². The van der Waals surface area contributed by atoms with Gasteiger partial charge in [-0.05, 0) is 60.8 Å². The molecule has 0 spiro atoms. The Bertz CT molecular complexity index is 709. The van der Waals surface area contributed by atoms with Crippen LogP contribution in [0, 0.1) is 5.92 Å². The molecule has 1 amide bonds. The predicted octanol–water partition coefficient (Wildman–Crippen LogP) is 3.00. The van der Waals surface area contributed by atoms with Gasteiger partial charge in [0.05, 0.1) is 17.2 Å². The van der Waals surface area contributed by atoms with Crippen LogP contribution in [-0.2, 0) is 14.0 Å². The van der Waals surface area contributed by atoms with Gasteiger partial charge >= 0.3 is 13.2 Å². The summed E-state index contributed by atoms with van der Waals surface area (Å²) in [6, 6.07) is 0.104. The molecule has 0 N–H and O–H groups in total. The Hall–Kier alpha value is -1.54. The molecule has 2 aliphatic heterocycles. The third-order valence-corrected chi connectivity index (χ3v) is 5.81. The number of amides is 1. The smallest absolute Gasteiger partial charge is 0.444 e. The van der Waals surface area contributed by atoms with E-state index in [9.17, 15) is 4.79 Å². The second-order valence-corrected chi connectivity index (χ2v) is 10.2. The molecule has 2 unspecified atom stereocenters. The number of hydrogen-bond donors (Lipinski definition) is 0. The number of carbonyl (C=O) groups is 1. The fourth-order valence-electron chi connectivity index (χ4n) is 3.64. The lowest BCUT2D eigenvalue weighted by molar-refractivity contribution is 0.00578. The first-order valence-corrected chi connectivity index (χ1v) is 10.1. The second kappa shape index (κ2) is 7.06. The Morgan fingerprint density at radius 2 is 1.82 bits per heavy atom. The summed E-state index contributed by atoms with van der Waals surface area (Å²) in [4.78, 5) is 14.3. The quantitative estimate of drug-likeness (QED) is 0.726. The van der Waals surface area contributed by atoms with E-state index in [4.69, 9.17) is 14.0 Å². The van der Waals surface area contributed by atoms with E-state index in [-0.39, 0.29) is 23.3 Å². The van der Waals surface area contributed by atoms with Gasteiger partial charge in [-0.2, -0.15) is 5.10 Å². The standard InChI is InChI=1S/C20H34BN3O4/c1-14-9-16(13-23(11-14)17(25)26-18(2,3)4)24-12-15(10-22-24)21-27-19(5,6)20(7,8)28-21/h10,12,14,16H,9,11,13H2,1-8H3. The van der Waals surface area contributed by atoms with Crippen LogP contribution in [0.25, 0.3) is 0 Å². The Morgan fingerprint density at radius 1 is 1.21 bits per heavy atom. The van der Waals surface area contributed by atoms with Crippen LogP contribution in [0.4, 0.5) is 4.79 Å². The lowest BCUT2D eigenvalue weighted by atomic mass is 9.82. The topological polar surface area (TPSA) is 65.8 Å². The molecule has 1 aromatic heterocycles. The summed E-state index contributed by atoms with van der Waals surface area (Å²) in [5, 5.41) is 4.56. The molecule has 0 bridgehead atoms. The molecule has 1 aromatic rings. The number of ether oxygens (including phenoxy) is 1. The average Bonchev–Trinajstić information content (AvgIpc) is 3.08. The zero-order valence-corrected chi connectivity index (χ0v) is 18.5. The van der Waals surface area contributed by atoms with Crippen molar-refractivity contribution in [3.8, 4) is 0 Å². The molecule has 2 atom stereocenters. The molecule has 3 rings (SSSR count). The molecule has 28 heavy (non-hydrogen) atoms. The summed E-state index contributed by atoms with van der Waals surface area (Å²) >= 11 is 0. The predicted molar refractivity (Wildman–Crippen MR) is 109 cm³/mol. The highest BCUT2D eigenvalue weighted by molar-refractivity contribution is 6.62. The molecule has 156 valence electrons. The maximum atomic E-state index is 12.5. The largest absolute Gasteiger partial charge is 0.498 e. The first-order chi connectivity index (χ1) is 12.8. The SMILES string of the molecule is CC1CC(n2cc(B3OC(C)(C)C(C)(C)O3)cn2)CN(C(=O)OC(C)(C)C)C1. The molecule has 2 aliphatic rings. The van der Waals surface area contributed by atoms with Crippen LogP contribution in [-0.4, -0.2) is 57.8 Å². The van der Waals surface area contributed by atoms with Crippen LogP contribution in [0.3, 0.4) is 0 Å². The molecular formula is C20H34BN3O4. The highest BCUT2D eigenvalue weighted by Crippen LogP contribution is 2.36. The molecule has 3 heterocycles. The van der Waals surface area contributed by atoms with Crippen LogP contribution in [0.2, 0.25) is 0 Å². The van der Waals surface area contributed by atoms with Crippen LogP contribution < -0.4 is 5.46 Å². The third kappa shape index (κ3) is 4.38. The molecule has 0 saturated carbocycles. The zero-order valence-electron chi connectivity index (χ0n) is 18.5. The summed E-state index contributed by atoms with van der Waals surface area (Å²) in [5.74, 6) is 0.371. The highest BCUT2D eigenvalue weighted by Gasteiger charge is 2.52. The van der Waals surface area contributed by atoms with Crippen molar-refractivity contribution in [1.29, 1.82) is 0 Å². The Labute approximate surface area is 168 Å². The summed E-state index contributed by atoms with van der Waals surface area (Å²) in [6.07, 6.45) is 4.49. The maximum Gasteiger partial charge on any atom is 0.498 e. The number of piperidine rings is 1. The molecule has 2 saturated heterocycles. The molecular weight excluding hydrogens is 357 g/mol. The van der Waals surface area contributed by atoms with Crippen molar-refractivity contribution in [1.82, 2.24) is 14.7 Å². The summed E-state index contributed by atoms with van der Waals surface area (Å²) in [7, 11) is -0.429. The van der Waals surface area contributed by atoms with E-state index in [2.05, 4.69) is 12.0 Å². The molecule has 8 heteroatoms. The number of nitrogens with zero attached hydrogens (tertiary/aromatic N) is 3. The van der Waals surface area contributed by atoms with Gasteiger partial charge in [-0.1, -0.05) is 6.92 Å². The van der Waals surface area contributed by atoms with Gasteiger partial charge in [0, 0.05) is 30.9 Å². The number of rotatable bonds is 2. The van der Waals surface area contributed by atoms with E-state index in [1.54, 1.807) is 11.1 Å². The van der Waals surface area contributed by atoms with Crippen molar-refractivity contribution < 1.29 is 18.8 Å². The number of likely N-dealkylation sites (tertiary alicyclic amines) is 1. The Balaban J connectivity index is 1.71. The van der Waals surface area contributed by atoms with E-state index in [0.717, 1.165) is 11.9 Å². The van der Waals surface area contributed by atoms with Gasteiger partial charge in [0.25, 0.3) is 0 Å². The lowest BCUT2D eigenvalue weighted by Gasteiger charge is -2.37. The molecule has 0 aliphatic carbocycles. The van der Waals surface area contributed by atoms with Gasteiger partial charge in [0.15, 0.2) is 0 Å². The van der Waals surface area contributed by atoms with E-state index in [1.165, 1.54) is 0 Å². The molecule has 0 aromatic carbocycles. The fraction of sp³-hybridized carbons (Fsp3) is 0.800. The van der Waals surface area contributed by atoms with Gasteiger partial charge < -0.3 is 18.9 Å². The summed E-state index contributed by atoms with van der Waals surface area (Å²) in [5.41, 5.74) is -0.358. The zero-order chi connectivity index (χ0) is 20.9. The van der Waals surface area contributed by atoms with E-state index in [0.29, 0.717) is 19.0 Å². The number of carbonyl (C=O) groups excluding carboxylic acids is 1. The second-order valence-electron chi connectivity index (χ2n) is 10.2. The van der Waals surface area contributed by atoms with Crippen LogP contribution in [0.15, 0.2) is 12.4 Å². The molecule has 0 radical (unpaired) electrons. The fourth-order valence-corrected chi connectivity index (χ4v) is 3.64. The lowest BCUT2D eigenvalue weighted by Crippen LogP contribution is -2.46. The van der Waals surface area contributed by atoms with E-state index < -0.39 is 12.7 Å². The Kier molecular flexibility index (Phi) is 5.34. The summed E-state index contributed by atoms with van der Waals surface area (Å²) < 4.78 is 19.7. The van der Waals surface area contributed by atoms with Crippen molar-refractivity contribution in [2.24, 2.45) is 5.92 Å². The van der Waals surface area contributed by atoms with Crippen molar-refractivity contribution in [3.63, 3.8) is 0 Å². The first-order valence-electron chi connectivity index (χ1n) is 10.1. The maximum absolute atomic E-state index is 12.5. The van der Waals surface area contributed by atoms with Crippen molar-refractivity contribution >= 4 is 18.7 Å². The van der Waals surface area contributed by atoms with Gasteiger partial charge in [0.1, 0.15) is 5.60 Å². The van der Waals surface area contributed by atoms with Gasteiger partial charge in [-0.25, -0.2) is 4.79 Å². The minimum absolute atomic E-state index is 0.104. The van der Waals surface area contributed by atoms with Crippen molar-refractivity contribution in [2.45, 2.75) is 84.7 Å². The third-order valence-electron chi connectivity index (χ3n) is 5.81. The minimum Gasteiger partial charge on any atom is -0.444 e. The summed E-state index contributed by atoms with van der Waals surface area (Å²) in [6.45, 7) is 17.3. The van der Waals surface area contributed by atoms with E-state index in [1.807, 2.05) is 59.3 Å². The van der Waals surface area contributed by atoms with Gasteiger partial charge in [-0.3, -0.25) is 4.68 Å². The van der Waals surface area contributed by atoms with E-state index >= 15 is 0 Å².